The average molecular weight is 434 g/mol. The largest absolute Gasteiger partial charge is 0.342 e. The predicted octanol–water partition coefficient (Wildman–Crippen LogP) is 3.33. The van der Waals surface area contributed by atoms with Crippen molar-refractivity contribution in [3.05, 3.63) is 35.4 Å². The first kappa shape index (κ1) is 21.1. The molecule has 1 aromatic rings. The first-order valence-corrected chi connectivity index (χ1v) is 12.9. The molecule has 0 radical (unpaired) electrons. The van der Waals surface area contributed by atoms with Crippen LogP contribution < -0.4 is 0 Å². The van der Waals surface area contributed by atoms with Crippen LogP contribution in [0.25, 0.3) is 0 Å². The van der Waals surface area contributed by atoms with E-state index >= 15 is 0 Å². The number of piperazine rings is 1. The fourth-order valence-corrected chi connectivity index (χ4v) is 7.10. The van der Waals surface area contributed by atoms with Gasteiger partial charge >= 0.3 is 0 Å². The Labute approximate surface area is 182 Å². The van der Waals surface area contributed by atoms with Gasteiger partial charge < -0.3 is 9.80 Å². The monoisotopic (exact) mass is 433 g/mol. The highest BCUT2D eigenvalue weighted by atomic mass is 32.2. The highest BCUT2D eigenvalue weighted by molar-refractivity contribution is 8.19. The second-order valence-electron chi connectivity index (χ2n) is 8.06. The summed E-state index contributed by atoms with van der Waals surface area (Å²) in [7, 11) is 0. The van der Waals surface area contributed by atoms with Crippen LogP contribution in [0.4, 0.5) is 0 Å². The Morgan fingerprint density at radius 1 is 0.793 bits per heavy atom. The molecule has 0 aliphatic carbocycles. The Hall–Kier alpha value is -1.18. The molecule has 0 aromatic heterocycles. The van der Waals surface area contributed by atoms with E-state index in [1.54, 1.807) is 0 Å². The summed E-state index contributed by atoms with van der Waals surface area (Å²) < 4.78 is 0.518. The maximum absolute atomic E-state index is 12.9. The number of amides is 2. The molecule has 7 heteroatoms. The molecule has 0 unspecified atom stereocenters. The van der Waals surface area contributed by atoms with Gasteiger partial charge in [-0.15, -0.1) is 23.5 Å². The zero-order chi connectivity index (χ0) is 20.1. The van der Waals surface area contributed by atoms with Crippen LogP contribution in [0, 0.1) is 0 Å². The molecule has 0 N–H and O–H groups in total. The van der Waals surface area contributed by atoms with E-state index in [1.807, 2.05) is 45.5 Å². The van der Waals surface area contributed by atoms with Gasteiger partial charge in [0.15, 0.2) is 0 Å². The number of carbonyl (C=O) groups is 2. The van der Waals surface area contributed by atoms with Crippen LogP contribution in [0.3, 0.4) is 0 Å². The van der Waals surface area contributed by atoms with Gasteiger partial charge in [-0.1, -0.05) is 25.0 Å². The van der Waals surface area contributed by atoms with Gasteiger partial charge in [0.05, 0.1) is 11.1 Å². The summed E-state index contributed by atoms with van der Waals surface area (Å²) in [4.78, 5) is 31.6. The maximum Gasteiger partial charge on any atom is 0.253 e. The second-order valence-corrected chi connectivity index (χ2v) is 10.8. The van der Waals surface area contributed by atoms with Crippen LogP contribution in [0.1, 0.15) is 46.2 Å². The summed E-state index contributed by atoms with van der Waals surface area (Å²) in [5, 5.41) is 0. The van der Waals surface area contributed by atoms with Crippen LogP contribution in [0.15, 0.2) is 24.3 Å². The summed E-state index contributed by atoms with van der Waals surface area (Å²) in [6.45, 7) is 5.26. The molecule has 0 spiro atoms. The lowest BCUT2D eigenvalue weighted by Gasteiger charge is -2.35. The van der Waals surface area contributed by atoms with Crippen molar-refractivity contribution in [1.29, 1.82) is 0 Å². The van der Waals surface area contributed by atoms with Gasteiger partial charge in [0.1, 0.15) is 0 Å². The Morgan fingerprint density at radius 3 is 2.03 bits per heavy atom. The van der Waals surface area contributed by atoms with Crippen LogP contribution in [-0.2, 0) is 4.79 Å². The van der Waals surface area contributed by atoms with Crippen molar-refractivity contribution in [2.45, 2.75) is 30.3 Å². The summed E-state index contributed by atoms with van der Waals surface area (Å²) in [6, 6.07) is 8.18. The van der Waals surface area contributed by atoms with Gasteiger partial charge in [0.2, 0.25) is 5.91 Å². The third kappa shape index (κ3) is 5.50. The van der Waals surface area contributed by atoms with E-state index in [1.165, 1.54) is 29.9 Å². The molecule has 0 atom stereocenters. The fraction of sp³-hybridized carbons (Fsp3) is 0.636. The van der Waals surface area contributed by atoms with Gasteiger partial charge in [-0.3, -0.25) is 14.5 Å². The molecule has 2 amide bonds. The molecule has 1 aromatic carbocycles. The highest BCUT2D eigenvalue weighted by Gasteiger charge is 2.25. The lowest BCUT2D eigenvalue weighted by molar-refractivity contribution is -0.132. The number of rotatable bonds is 4. The van der Waals surface area contributed by atoms with E-state index in [0.29, 0.717) is 24.2 Å². The second kappa shape index (κ2) is 10.2. The smallest absolute Gasteiger partial charge is 0.253 e. The zero-order valence-corrected chi connectivity index (χ0v) is 18.7. The van der Waals surface area contributed by atoms with Crippen LogP contribution in [0.5, 0.6) is 0 Å². The molecule has 29 heavy (non-hydrogen) atoms. The maximum atomic E-state index is 12.9. The molecule has 3 aliphatic heterocycles. The molecule has 158 valence electrons. The normalized spacial score (nSPS) is 21.9. The Balaban J connectivity index is 1.25. The summed E-state index contributed by atoms with van der Waals surface area (Å²) >= 11 is 3.97. The number of nitrogens with zero attached hydrogens (tertiary/aromatic N) is 3. The molecule has 3 fully saturated rings. The summed E-state index contributed by atoms with van der Waals surface area (Å²) in [5.74, 6) is 2.79. The molecular weight excluding hydrogens is 402 g/mol. The van der Waals surface area contributed by atoms with Crippen molar-refractivity contribution < 1.29 is 9.59 Å². The van der Waals surface area contributed by atoms with Crippen LogP contribution >= 0.6 is 23.5 Å². The minimum atomic E-state index is 0.113. The molecule has 0 saturated carbocycles. The van der Waals surface area contributed by atoms with Crippen LogP contribution in [-0.4, -0.2) is 83.8 Å². The topological polar surface area (TPSA) is 43.9 Å². The number of hydrogen-bond donors (Lipinski definition) is 0. The number of thioether (sulfide) groups is 2. The van der Waals surface area contributed by atoms with Crippen molar-refractivity contribution in [1.82, 2.24) is 14.7 Å². The lowest BCUT2D eigenvalue weighted by atomic mass is 10.1. The third-order valence-corrected chi connectivity index (χ3v) is 9.13. The number of hydrogen-bond acceptors (Lipinski definition) is 5. The van der Waals surface area contributed by atoms with Gasteiger partial charge in [-0.05, 0) is 30.5 Å². The highest BCUT2D eigenvalue weighted by Crippen LogP contribution is 2.45. The van der Waals surface area contributed by atoms with Gasteiger partial charge in [-0.25, -0.2) is 0 Å². The molecule has 3 aliphatic rings. The van der Waals surface area contributed by atoms with E-state index in [0.717, 1.165) is 44.6 Å². The molecule has 0 bridgehead atoms. The van der Waals surface area contributed by atoms with E-state index in [-0.39, 0.29) is 11.8 Å². The van der Waals surface area contributed by atoms with Crippen molar-refractivity contribution >= 4 is 35.3 Å². The van der Waals surface area contributed by atoms with Crippen molar-refractivity contribution in [3.63, 3.8) is 0 Å². The molecule has 5 nitrogen and oxygen atoms in total. The van der Waals surface area contributed by atoms with E-state index in [9.17, 15) is 9.59 Å². The summed E-state index contributed by atoms with van der Waals surface area (Å²) in [6.07, 6.45) is 4.74. The molecule has 3 saturated heterocycles. The zero-order valence-electron chi connectivity index (χ0n) is 17.1. The Kier molecular flexibility index (Phi) is 7.43. The van der Waals surface area contributed by atoms with Crippen molar-refractivity contribution in [3.8, 4) is 0 Å². The van der Waals surface area contributed by atoms with Crippen LogP contribution in [0.2, 0.25) is 0 Å². The minimum Gasteiger partial charge on any atom is -0.342 e. The number of likely N-dealkylation sites (tertiary alicyclic amines) is 1. The van der Waals surface area contributed by atoms with E-state index in [4.69, 9.17) is 0 Å². The number of benzene rings is 1. The number of carbonyl (C=O) groups excluding carboxylic acids is 2. The Morgan fingerprint density at radius 2 is 1.41 bits per heavy atom. The van der Waals surface area contributed by atoms with Crippen molar-refractivity contribution in [2.24, 2.45) is 0 Å². The first-order chi connectivity index (χ1) is 14.2. The summed E-state index contributed by atoms with van der Waals surface area (Å²) in [5.41, 5.74) is 2.08. The predicted molar refractivity (Wildman–Crippen MR) is 121 cm³/mol. The lowest BCUT2D eigenvalue weighted by Crippen LogP contribution is -2.51. The molecule has 3 heterocycles. The quantitative estimate of drug-likeness (QED) is 0.729. The molecule has 4 rings (SSSR count). The fourth-order valence-electron chi connectivity index (χ4n) is 4.24. The van der Waals surface area contributed by atoms with Crippen molar-refractivity contribution in [2.75, 3.05) is 57.3 Å². The van der Waals surface area contributed by atoms with E-state index in [2.05, 4.69) is 17.0 Å². The van der Waals surface area contributed by atoms with Gasteiger partial charge in [0.25, 0.3) is 5.91 Å². The minimum absolute atomic E-state index is 0.113. The first-order valence-electron chi connectivity index (χ1n) is 10.8. The standard InChI is InChI=1S/C22H31N3O2S2/c26-20(24-9-3-1-2-4-10-24)17-23-11-13-25(14-12-23)21(27)18-5-7-19(8-6-18)22-28-15-16-29-22/h5-8,22H,1-4,9-17H2. The van der Waals surface area contributed by atoms with Gasteiger partial charge in [0, 0.05) is 56.3 Å². The molecular formula is C22H31N3O2S2. The van der Waals surface area contributed by atoms with E-state index < -0.39 is 0 Å². The van der Waals surface area contributed by atoms with Gasteiger partial charge in [-0.2, -0.15) is 0 Å². The third-order valence-electron chi connectivity index (χ3n) is 6.03. The SMILES string of the molecule is O=C(CN1CCN(C(=O)c2ccc(C3SCCS3)cc2)CC1)N1CCCCCC1. The average Bonchev–Trinajstić information content (AvgIpc) is 3.16. The Bertz CT molecular complexity index is 691.